The number of hydrogen-bond acceptors (Lipinski definition) is 2. The molecule has 0 saturated carbocycles. The Hall–Kier alpha value is -2.29. The Morgan fingerprint density at radius 1 is 1.35 bits per heavy atom. The van der Waals surface area contributed by atoms with Crippen LogP contribution in [0.2, 0.25) is 0 Å². The lowest BCUT2D eigenvalue weighted by Gasteiger charge is -2.32. The van der Waals surface area contributed by atoms with E-state index >= 15 is 0 Å². The van der Waals surface area contributed by atoms with Crippen molar-refractivity contribution in [2.24, 2.45) is 5.92 Å². The number of benzene rings is 1. The van der Waals surface area contributed by atoms with Crippen molar-refractivity contribution in [3.8, 4) is 0 Å². The predicted molar refractivity (Wildman–Crippen MR) is 81.5 cm³/mol. The summed E-state index contributed by atoms with van der Waals surface area (Å²) in [5.41, 5.74) is 11.1. The summed E-state index contributed by atoms with van der Waals surface area (Å²) in [4.78, 5) is 14.0. The molecular formula is C17H18N2O. The lowest BCUT2D eigenvalue weighted by atomic mass is 9.79. The number of carbonyl (C=O) groups excluding carboxylic acids is 1. The van der Waals surface area contributed by atoms with Crippen LogP contribution in [-0.4, -0.2) is 17.9 Å². The van der Waals surface area contributed by atoms with E-state index in [0.29, 0.717) is 0 Å². The van der Waals surface area contributed by atoms with Gasteiger partial charge >= 0.3 is 0 Å². The Morgan fingerprint density at radius 3 is 2.90 bits per heavy atom. The first-order chi connectivity index (χ1) is 9.56. The lowest BCUT2D eigenvalue weighted by Crippen LogP contribution is -2.35. The summed E-state index contributed by atoms with van der Waals surface area (Å²) >= 11 is 0. The van der Waals surface area contributed by atoms with Crippen LogP contribution in [0.5, 0.6) is 0 Å². The first kappa shape index (κ1) is 12.7. The number of nitrogens with zero attached hydrogens (tertiary/aromatic N) is 1. The molecule has 0 radical (unpaired) electrons. The molecule has 1 aromatic carbocycles. The van der Waals surface area contributed by atoms with Crippen molar-refractivity contribution in [2.75, 3.05) is 12.8 Å². The second-order valence-corrected chi connectivity index (χ2v) is 5.45. The monoisotopic (exact) mass is 266 g/mol. The maximum Gasteiger partial charge on any atom is 0.234 e. The summed E-state index contributed by atoms with van der Waals surface area (Å²) in [6.07, 6.45) is 6.94. The van der Waals surface area contributed by atoms with E-state index in [-0.39, 0.29) is 11.8 Å². The summed E-state index contributed by atoms with van der Waals surface area (Å²) in [5, 5.41) is 0. The van der Waals surface area contributed by atoms with Crippen molar-refractivity contribution < 1.29 is 4.79 Å². The fourth-order valence-corrected chi connectivity index (χ4v) is 2.86. The fourth-order valence-electron chi connectivity index (χ4n) is 2.86. The van der Waals surface area contributed by atoms with Gasteiger partial charge in [0.25, 0.3) is 0 Å². The lowest BCUT2D eigenvalue weighted by molar-refractivity contribution is -0.130. The van der Waals surface area contributed by atoms with Gasteiger partial charge in [-0.05, 0) is 36.6 Å². The van der Waals surface area contributed by atoms with E-state index in [1.165, 1.54) is 5.57 Å². The molecule has 1 aromatic rings. The van der Waals surface area contributed by atoms with Gasteiger partial charge in [-0.15, -0.1) is 0 Å². The Kier molecular flexibility index (Phi) is 2.97. The molecule has 1 unspecified atom stereocenters. The minimum Gasteiger partial charge on any atom is -0.399 e. The van der Waals surface area contributed by atoms with E-state index in [1.54, 1.807) is 4.90 Å². The second kappa shape index (κ2) is 4.67. The maximum absolute atomic E-state index is 12.3. The predicted octanol–water partition coefficient (Wildman–Crippen LogP) is 2.97. The molecule has 1 amide bonds. The van der Waals surface area contributed by atoms with Gasteiger partial charge in [0.1, 0.15) is 0 Å². The normalized spacial score (nSPS) is 21.9. The van der Waals surface area contributed by atoms with Crippen molar-refractivity contribution in [1.82, 2.24) is 4.90 Å². The molecule has 2 aliphatic rings. The number of nitrogen functional groups attached to an aromatic ring is 1. The largest absolute Gasteiger partial charge is 0.399 e. The standard InChI is InChI=1S/C17H18N2O/c1-11-6-7-14-15(8-11)16(10-19(2)17(14)20)12-4-3-5-13(18)9-12/h3-6,8-10,14H,7,18H2,1-2H3. The molecule has 1 heterocycles. The molecule has 3 rings (SSSR count). The highest BCUT2D eigenvalue weighted by Gasteiger charge is 2.33. The van der Waals surface area contributed by atoms with Gasteiger partial charge in [-0.1, -0.05) is 29.9 Å². The van der Waals surface area contributed by atoms with Crippen LogP contribution in [0.1, 0.15) is 18.9 Å². The quantitative estimate of drug-likeness (QED) is 0.794. The Labute approximate surface area is 119 Å². The first-order valence-electron chi connectivity index (χ1n) is 6.79. The highest BCUT2D eigenvalue weighted by atomic mass is 16.2. The van der Waals surface area contributed by atoms with Crippen LogP contribution in [0, 0.1) is 5.92 Å². The third kappa shape index (κ3) is 2.05. The molecule has 3 heteroatoms. The van der Waals surface area contributed by atoms with E-state index in [4.69, 9.17) is 5.73 Å². The summed E-state index contributed by atoms with van der Waals surface area (Å²) in [5.74, 6) is 0.0952. The van der Waals surface area contributed by atoms with Gasteiger partial charge in [0.05, 0.1) is 5.92 Å². The van der Waals surface area contributed by atoms with E-state index in [1.807, 2.05) is 37.5 Å². The summed E-state index contributed by atoms with van der Waals surface area (Å²) < 4.78 is 0. The number of allylic oxidation sites excluding steroid dienone is 4. The fraction of sp³-hybridized carbons (Fsp3) is 0.235. The number of nitrogens with two attached hydrogens (primary N) is 1. The Morgan fingerprint density at radius 2 is 2.15 bits per heavy atom. The number of amides is 1. The van der Waals surface area contributed by atoms with Crippen molar-refractivity contribution in [3.05, 3.63) is 59.3 Å². The average molecular weight is 266 g/mol. The Bertz CT molecular complexity index is 667. The first-order valence-corrected chi connectivity index (χ1v) is 6.79. The highest BCUT2D eigenvalue weighted by Crippen LogP contribution is 2.39. The zero-order valence-electron chi connectivity index (χ0n) is 11.8. The topological polar surface area (TPSA) is 46.3 Å². The SMILES string of the molecule is CC1=CCC2C(=O)N(C)C=C(c3cccc(N)c3)C2=C1. The molecule has 0 saturated heterocycles. The third-order valence-electron chi connectivity index (χ3n) is 3.91. The van der Waals surface area contributed by atoms with Crippen LogP contribution < -0.4 is 5.73 Å². The molecule has 20 heavy (non-hydrogen) atoms. The zero-order valence-corrected chi connectivity index (χ0v) is 11.8. The van der Waals surface area contributed by atoms with Gasteiger partial charge < -0.3 is 10.6 Å². The minimum absolute atomic E-state index is 0.0647. The smallest absolute Gasteiger partial charge is 0.234 e. The molecule has 0 aromatic heterocycles. The highest BCUT2D eigenvalue weighted by molar-refractivity contribution is 5.96. The molecule has 1 aliphatic carbocycles. The molecule has 3 nitrogen and oxygen atoms in total. The minimum atomic E-state index is -0.0647. The van der Waals surface area contributed by atoms with E-state index in [0.717, 1.165) is 28.8 Å². The van der Waals surface area contributed by atoms with Gasteiger partial charge in [0.2, 0.25) is 5.91 Å². The third-order valence-corrected chi connectivity index (χ3v) is 3.91. The van der Waals surface area contributed by atoms with Gasteiger partial charge in [-0.2, -0.15) is 0 Å². The number of carbonyl (C=O) groups is 1. The zero-order chi connectivity index (χ0) is 14.3. The summed E-state index contributed by atoms with van der Waals surface area (Å²) in [7, 11) is 1.82. The van der Waals surface area contributed by atoms with Gasteiger partial charge in [-0.25, -0.2) is 0 Å². The second-order valence-electron chi connectivity index (χ2n) is 5.45. The summed E-state index contributed by atoms with van der Waals surface area (Å²) in [6.45, 7) is 2.07. The molecule has 1 atom stereocenters. The van der Waals surface area contributed by atoms with Crippen molar-refractivity contribution >= 4 is 17.2 Å². The van der Waals surface area contributed by atoms with Crippen molar-refractivity contribution in [1.29, 1.82) is 0 Å². The molecule has 0 fully saturated rings. The van der Waals surface area contributed by atoms with Gasteiger partial charge in [-0.3, -0.25) is 4.79 Å². The van der Waals surface area contributed by atoms with Crippen LogP contribution in [0.15, 0.2) is 53.8 Å². The molecule has 1 aliphatic heterocycles. The van der Waals surface area contributed by atoms with Crippen molar-refractivity contribution in [2.45, 2.75) is 13.3 Å². The van der Waals surface area contributed by atoms with Gasteiger partial charge in [0.15, 0.2) is 0 Å². The molecule has 0 bridgehead atoms. The molecule has 0 spiro atoms. The van der Waals surface area contributed by atoms with Crippen LogP contribution in [-0.2, 0) is 4.79 Å². The maximum atomic E-state index is 12.3. The van der Waals surface area contributed by atoms with Crippen LogP contribution in [0.3, 0.4) is 0 Å². The average Bonchev–Trinajstić information content (AvgIpc) is 2.42. The van der Waals surface area contributed by atoms with Crippen LogP contribution in [0.25, 0.3) is 5.57 Å². The van der Waals surface area contributed by atoms with E-state index < -0.39 is 0 Å². The number of hydrogen-bond donors (Lipinski definition) is 1. The summed E-state index contributed by atoms with van der Waals surface area (Å²) in [6, 6.07) is 7.82. The van der Waals surface area contributed by atoms with Crippen LogP contribution in [0.4, 0.5) is 5.69 Å². The van der Waals surface area contributed by atoms with E-state index in [2.05, 4.69) is 19.1 Å². The number of fused-ring (bicyclic) bond motifs is 1. The Balaban J connectivity index is 2.14. The van der Waals surface area contributed by atoms with Gasteiger partial charge in [0, 0.05) is 24.5 Å². The molecular weight excluding hydrogens is 248 g/mol. The molecule has 102 valence electrons. The van der Waals surface area contributed by atoms with E-state index in [9.17, 15) is 4.79 Å². The molecule has 2 N–H and O–H groups in total. The van der Waals surface area contributed by atoms with Crippen molar-refractivity contribution in [3.63, 3.8) is 0 Å². The van der Waals surface area contributed by atoms with Crippen LogP contribution >= 0.6 is 0 Å². The number of anilines is 1. The number of rotatable bonds is 1.